The Hall–Kier alpha value is -3.27. The molecule has 3 heterocycles. The number of hydrogen-bond acceptors (Lipinski definition) is 7. The van der Waals surface area contributed by atoms with Crippen molar-refractivity contribution in [2.24, 2.45) is 5.73 Å². The number of amides is 3. The van der Waals surface area contributed by atoms with Crippen LogP contribution in [0.3, 0.4) is 0 Å². The van der Waals surface area contributed by atoms with Crippen LogP contribution in [0.15, 0.2) is 18.2 Å². The number of nitrogens with zero attached hydrogens (tertiary/aromatic N) is 3. The highest BCUT2D eigenvalue weighted by molar-refractivity contribution is 6.06. The second kappa shape index (κ2) is 7.04. The molecule has 1 saturated heterocycles. The van der Waals surface area contributed by atoms with Crippen molar-refractivity contribution in [3.63, 3.8) is 0 Å². The third-order valence-electron chi connectivity index (χ3n) is 5.01. The fourth-order valence-electron chi connectivity index (χ4n) is 3.57. The Morgan fingerprint density at radius 2 is 2.18 bits per heavy atom. The van der Waals surface area contributed by atoms with E-state index < -0.39 is 11.9 Å². The van der Waals surface area contributed by atoms with Crippen LogP contribution in [0.2, 0.25) is 0 Å². The monoisotopic (exact) mass is 383 g/mol. The number of benzene rings is 1. The molecular formula is C18H21N7O3. The molecule has 0 spiro atoms. The van der Waals surface area contributed by atoms with Crippen LogP contribution in [-0.4, -0.2) is 43.8 Å². The van der Waals surface area contributed by atoms with Crippen LogP contribution in [0.5, 0.6) is 0 Å². The molecule has 2 atom stereocenters. The summed E-state index contributed by atoms with van der Waals surface area (Å²) in [5.41, 5.74) is 8.01. The largest absolute Gasteiger partial charge is 0.349 e. The molecule has 2 aromatic rings. The van der Waals surface area contributed by atoms with Crippen molar-refractivity contribution in [3.05, 3.63) is 40.7 Å². The van der Waals surface area contributed by atoms with Gasteiger partial charge in [0.25, 0.3) is 5.91 Å². The van der Waals surface area contributed by atoms with Crippen molar-refractivity contribution in [2.45, 2.75) is 44.9 Å². The van der Waals surface area contributed by atoms with Crippen LogP contribution in [-0.2, 0) is 22.7 Å². The van der Waals surface area contributed by atoms with Crippen molar-refractivity contribution < 1.29 is 14.4 Å². The second-order valence-corrected chi connectivity index (χ2v) is 7.04. The molecule has 0 saturated carbocycles. The summed E-state index contributed by atoms with van der Waals surface area (Å²) in [5.74, 6) is 0.0561. The highest BCUT2D eigenvalue weighted by Crippen LogP contribution is 2.30. The zero-order chi connectivity index (χ0) is 19.8. The number of H-pyrrole nitrogens is 1. The molecule has 0 aliphatic carbocycles. The first-order valence-electron chi connectivity index (χ1n) is 9.11. The third-order valence-corrected chi connectivity index (χ3v) is 5.01. The fourth-order valence-corrected chi connectivity index (χ4v) is 3.57. The summed E-state index contributed by atoms with van der Waals surface area (Å²) in [5, 5.41) is 12.2. The minimum absolute atomic E-state index is 0.201. The SMILES string of the molecule is CC(N)c1nc(NCc2cccc3c2C(=O)N(C2CCC(=O)NC2=O)C3)n[nH]1. The van der Waals surface area contributed by atoms with Gasteiger partial charge in [0, 0.05) is 25.1 Å². The maximum absolute atomic E-state index is 13.0. The topological polar surface area (TPSA) is 146 Å². The molecule has 2 aliphatic heterocycles. The number of carbonyl (C=O) groups is 3. The molecule has 146 valence electrons. The summed E-state index contributed by atoms with van der Waals surface area (Å²) in [6.45, 7) is 2.51. The molecule has 28 heavy (non-hydrogen) atoms. The Labute approximate surface area is 160 Å². The standard InChI is InChI=1S/C18H21N7O3/c1-9(19)15-22-18(24-23-15)20-7-10-3-2-4-11-8-25(17(28)14(10)11)12-5-6-13(26)21-16(12)27/h2-4,9,12H,5-8,19H2,1H3,(H,21,26,27)(H2,20,22,23,24). The molecule has 0 radical (unpaired) electrons. The molecule has 2 unspecified atom stereocenters. The third kappa shape index (κ3) is 3.22. The van der Waals surface area contributed by atoms with Gasteiger partial charge < -0.3 is 16.0 Å². The van der Waals surface area contributed by atoms with Gasteiger partial charge in [-0.25, -0.2) is 0 Å². The highest BCUT2D eigenvalue weighted by atomic mass is 16.2. The van der Waals surface area contributed by atoms with Gasteiger partial charge in [0.1, 0.15) is 11.9 Å². The average Bonchev–Trinajstić information content (AvgIpc) is 3.26. The van der Waals surface area contributed by atoms with Crippen molar-refractivity contribution >= 4 is 23.7 Å². The van der Waals surface area contributed by atoms with E-state index in [9.17, 15) is 14.4 Å². The fraction of sp³-hybridized carbons (Fsp3) is 0.389. The molecule has 0 bridgehead atoms. The zero-order valence-corrected chi connectivity index (χ0v) is 15.4. The van der Waals surface area contributed by atoms with Gasteiger partial charge in [0.2, 0.25) is 17.8 Å². The van der Waals surface area contributed by atoms with E-state index in [0.29, 0.717) is 36.8 Å². The maximum atomic E-state index is 13.0. The minimum atomic E-state index is -0.625. The summed E-state index contributed by atoms with van der Waals surface area (Å²) in [4.78, 5) is 42.4. The molecule has 10 heteroatoms. The quantitative estimate of drug-likeness (QED) is 0.539. The normalized spacial score (nSPS) is 20.1. The first-order chi connectivity index (χ1) is 13.4. The van der Waals surface area contributed by atoms with Gasteiger partial charge in [0.05, 0.1) is 6.04 Å². The van der Waals surface area contributed by atoms with E-state index >= 15 is 0 Å². The number of aromatic amines is 1. The number of imide groups is 1. The number of rotatable bonds is 5. The number of nitrogens with one attached hydrogen (secondary N) is 3. The van der Waals surface area contributed by atoms with Gasteiger partial charge in [-0.3, -0.25) is 24.8 Å². The summed E-state index contributed by atoms with van der Waals surface area (Å²) in [6, 6.07) is 4.73. The second-order valence-electron chi connectivity index (χ2n) is 7.04. The Bertz CT molecular complexity index is 952. The van der Waals surface area contributed by atoms with Gasteiger partial charge in [-0.05, 0) is 24.5 Å². The molecule has 1 aromatic carbocycles. The van der Waals surface area contributed by atoms with Gasteiger partial charge in [-0.1, -0.05) is 18.2 Å². The van der Waals surface area contributed by atoms with Crippen molar-refractivity contribution in [2.75, 3.05) is 5.32 Å². The lowest BCUT2D eigenvalue weighted by Gasteiger charge is -2.29. The van der Waals surface area contributed by atoms with E-state index in [4.69, 9.17) is 5.73 Å². The summed E-state index contributed by atoms with van der Waals surface area (Å²) in [7, 11) is 0. The predicted molar refractivity (Wildman–Crippen MR) is 98.8 cm³/mol. The lowest BCUT2D eigenvalue weighted by Crippen LogP contribution is -2.52. The number of anilines is 1. The van der Waals surface area contributed by atoms with Crippen molar-refractivity contribution in [1.29, 1.82) is 0 Å². The lowest BCUT2D eigenvalue weighted by atomic mass is 10.0. The molecule has 10 nitrogen and oxygen atoms in total. The molecule has 5 N–H and O–H groups in total. The van der Waals surface area contributed by atoms with Gasteiger partial charge in [0.15, 0.2) is 0 Å². The molecule has 1 fully saturated rings. The van der Waals surface area contributed by atoms with Crippen LogP contribution in [0, 0.1) is 0 Å². The van der Waals surface area contributed by atoms with Crippen LogP contribution >= 0.6 is 0 Å². The average molecular weight is 383 g/mol. The Balaban J connectivity index is 1.51. The van der Waals surface area contributed by atoms with Crippen LogP contribution in [0.25, 0.3) is 0 Å². The number of aromatic nitrogens is 3. The zero-order valence-electron chi connectivity index (χ0n) is 15.4. The van der Waals surface area contributed by atoms with E-state index in [1.165, 1.54) is 4.90 Å². The van der Waals surface area contributed by atoms with E-state index in [1.807, 2.05) is 18.2 Å². The molecule has 3 amide bonds. The first kappa shape index (κ1) is 18.1. The van der Waals surface area contributed by atoms with E-state index in [0.717, 1.165) is 11.1 Å². The van der Waals surface area contributed by atoms with Gasteiger partial charge >= 0.3 is 0 Å². The molecule has 1 aromatic heterocycles. The van der Waals surface area contributed by atoms with Crippen LogP contribution in [0.1, 0.15) is 53.1 Å². The van der Waals surface area contributed by atoms with Gasteiger partial charge in [-0.15, -0.1) is 5.10 Å². The molecule has 2 aliphatic rings. The molecular weight excluding hydrogens is 362 g/mol. The smallest absolute Gasteiger partial charge is 0.255 e. The van der Waals surface area contributed by atoms with E-state index in [2.05, 4.69) is 25.8 Å². The van der Waals surface area contributed by atoms with Crippen LogP contribution < -0.4 is 16.4 Å². The van der Waals surface area contributed by atoms with Gasteiger partial charge in [-0.2, -0.15) is 4.98 Å². The van der Waals surface area contributed by atoms with Crippen molar-refractivity contribution in [3.8, 4) is 0 Å². The predicted octanol–water partition coefficient (Wildman–Crippen LogP) is 0.197. The summed E-state index contributed by atoms with van der Waals surface area (Å²) >= 11 is 0. The van der Waals surface area contributed by atoms with E-state index in [-0.39, 0.29) is 24.3 Å². The van der Waals surface area contributed by atoms with Crippen LogP contribution in [0.4, 0.5) is 5.95 Å². The lowest BCUT2D eigenvalue weighted by molar-refractivity contribution is -0.136. The Kier molecular flexibility index (Phi) is 4.55. The number of carbonyl (C=O) groups excluding carboxylic acids is 3. The number of hydrogen-bond donors (Lipinski definition) is 4. The van der Waals surface area contributed by atoms with E-state index in [1.54, 1.807) is 6.92 Å². The van der Waals surface area contributed by atoms with Crippen molar-refractivity contribution in [1.82, 2.24) is 25.4 Å². The number of nitrogens with two attached hydrogens (primary N) is 1. The highest BCUT2D eigenvalue weighted by Gasteiger charge is 2.39. The molecule has 4 rings (SSSR count). The summed E-state index contributed by atoms with van der Waals surface area (Å²) < 4.78 is 0. The number of fused-ring (bicyclic) bond motifs is 1. The summed E-state index contributed by atoms with van der Waals surface area (Å²) in [6.07, 6.45) is 0.576. The maximum Gasteiger partial charge on any atom is 0.255 e. The number of piperidine rings is 1. The first-order valence-corrected chi connectivity index (χ1v) is 9.11. The Morgan fingerprint density at radius 3 is 2.89 bits per heavy atom. The Morgan fingerprint density at radius 1 is 1.36 bits per heavy atom. The minimum Gasteiger partial charge on any atom is -0.349 e.